The first-order chi connectivity index (χ1) is 19.9. The van der Waals surface area contributed by atoms with Gasteiger partial charge < -0.3 is 25.1 Å². The molecule has 1 saturated carbocycles. The van der Waals surface area contributed by atoms with Crippen LogP contribution in [-0.4, -0.2) is 61.9 Å². The molecular weight excluding hydrogens is 564 g/mol. The molecule has 4 heterocycles. The van der Waals surface area contributed by atoms with Gasteiger partial charge in [0.2, 0.25) is 17.6 Å². The summed E-state index contributed by atoms with van der Waals surface area (Å²) in [6.07, 6.45) is 5.68. The van der Waals surface area contributed by atoms with Gasteiger partial charge in [-0.25, -0.2) is 14.8 Å². The number of nitrogens with one attached hydrogen (secondary N) is 2. The fourth-order valence-corrected chi connectivity index (χ4v) is 5.82. The van der Waals surface area contributed by atoms with Crippen LogP contribution in [0, 0.1) is 5.92 Å². The van der Waals surface area contributed by atoms with Crippen LogP contribution in [-0.2, 0) is 9.59 Å². The molecule has 4 amide bonds. The number of pyridine rings is 2. The number of nitrogens with zero attached hydrogens (tertiary/aromatic N) is 4. The van der Waals surface area contributed by atoms with E-state index < -0.39 is 17.5 Å². The first kappa shape index (κ1) is 29.3. The summed E-state index contributed by atoms with van der Waals surface area (Å²) in [5.74, 6) is -1.08. The molecule has 1 saturated heterocycles. The molecule has 42 heavy (non-hydrogen) atoms. The van der Waals surface area contributed by atoms with E-state index in [0.29, 0.717) is 24.3 Å². The van der Waals surface area contributed by atoms with Crippen LogP contribution in [0.25, 0.3) is 11.1 Å². The minimum atomic E-state index is -1.18. The second kappa shape index (κ2) is 11.6. The van der Waals surface area contributed by atoms with Crippen LogP contribution in [0.2, 0.25) is 5.02 Å². The topological polar surface area (TPSA) is 158 Å². The predicted octanol–water partition coefficient (Wildman–Crippen LogP) is 5.53. The molecule has 1 aliphatic carbocycles. The summed E-state index contributed by atoms with van der Waals surface area (Å²) in [5, 5.41) is 15.7. The van der Waals surface area contributed by atoms with Crippen LogP contribution in [0.1, 0.15) is 69.9 Å². The monoisotopic (exact) mass is 596 g/mol. The number of carbonyl (C=O) groups is 4. The maximum absolute atomic E-state index is 13.5. The smallest absolute Gasteiger partial charge is 0.412 e. The molecule has 1 aliphatic heterocycles. The average molecular weight is 597 g/mol. The lowest BCUT2D eigenvalue weighted by Gasteiger charge is -2.34. The van der Waals surface area contributed by atoms with Gasteiger partial charge in [-0.3, -0.25) is 19.3 Å². The Kier molecular flexibility index (Phi) is 8.09. The quantitative estimate of drug-likeness (QED) is 0.335. The summed E-state index contributed by atoms with van der Waals surface area (Å²) in [7, 11) is 0. The van der Waals surface area contributed by atoms with E-state index in [1.165, 1.54) is 24.5 Å². The minimum absolute atomic E-state index is 0.0856. The second-order valence-electron chi connectivity index (χ2n) is 11.6. The summed E-state index contributed by atoms with van der Waals surface area (Å²) in [5.41, 5.74) is -0.123. The van der Waals surface area contributed by atoms with Gasteiger partial charge in [-0.1, -0.05) is 11.6 Å². The van der Waals surface area contributed by atoms with Crippen LogP contribution in [0.5, 0.6) is 0 Å². The number of fused-ring (bicyclic) bond motifs is 1. The summed E-state index contributed by atoms with van der Waals surface area (Å²) in [6, 6.07) is 4.72. The second-order valence-corrected chi connectivity index (χ2v) is 12.1. The third-order valence-electron chi connectivity index (χ3n) is 7.68. The number of hydrogen-bond acceptors (Lipinski definition) is 7. The summed E-state index contributed by atoms with van der Waals surface area (Å²) >= 11 is 5.91. The standard InChI is InChI=1S/C29H33ClN6O6/c1-29(2,3)36(28(40)41)19-13-20-23(32-15-19)24(25(42-20)27(39)33-21-11-8-17(30)14-31-21)34-26(38)16-6-9-18(10-7-16)35-12-4-5-22(35)37/h8,11,13-16,18H,4-7,9-10,12H2,1-3H3,(H,34,38)(H,40,41)(H,31,33,39)/t16-,18-. The molecule has 0 bridgehead atoms. The number of likely N-dealkylation sites (tertiary alicyclic amines) is 1. The number of amides is 4. The van der Waals surface area contributed by atoms with Gasteiger partial charge in [0.15, 0.2) is 5.58 Å². The highest BCUT2D eigenvalue weighted by molar-refractivity contribution is 6.30. The molecule has 2 fully saturated rings. The van der Waals surface area contributed by atoms with Gasteiger partial charge in [0.1, 0.15) is 17.0 Å². The number of carboxylic acid groups (broad SMARTS) is 1. The summed E-state index contributed by atoms with van der Waals surface area (Å²) in [4.78, 5) is 62.6. The molecule has 0 atom stereocenters. The van der Waals surface area contributed by atoms with Crippen molar-refractivity contribution in [3.05, 3.63) is 41.4 Å². The minimum Gasteiger partial charge on any atom is -0.465 e. The number of aromatic nitrogens is 2. The molecule has 3 aromatic rings. The van der Waals surface area contributed by atoms with Crippen LogP contribution in [0.15, 0.2) is 35.0 Å². The Hall–Kier alpha value is -4.19. The molecule has 3 aromatic heterocycles. The summed E-state index contributed by atoms with van der Waals surface area (Å²) in [6.45, 7) is 5.99. The van der Waals surface area contributed by atoms with E-state index in [2.05, 4.69) is 20.6 Å². The molecule has 0 radical (unpaired) electrons. The van der Waals surface area contributed by atoms with Crippen molar-refractivity contribution in [2.45, 2.75) is 70.9 Å². The number of carbonyl (C=O) groups excluding carboxylic acids is 3. The van der Waals surface area contributed by atoms with Gasteiger partial charge in [0.05, 0.1) is 16.9 Å². The predicted molar refractivity (Wildman–Crippen MR) is 157 cm³/mol. The Bertz CT molecular complexity index is 1520. The zero-order valence-electron chi connectivity index (χ0n) is 23.6. The van der Waals surface area contributed by atoms with E-state index in [1.54, 1.807) is 26.8 Å². The highest BCUT2D eigenvalue weighted by atomic mass is 35.5. The zero-order valence-corrected chi connectivity index (χ0v) is 24.4. The van der Waals surface area contributed by atoms with E-state index in [-0.39, 0.29) is 57.8 Å². The van der Waals surface area contributed by atoms with E-state index >= 15 is 0 Å². The molecule has 13 heteroatoms. The van der Waals surface area contributed by atoms with Gasteiger partial charge in [-0.15, -0.1) is 0 Å². The number of anilines is 3. The first-order valence-corrected chi connectivity index (χ1v) is 14.3. The molecular formula is C29H33ClN6O6. The zero-order chi connectivity index (χ0) is 30.2. The number of halogens is 1. The van der Waals surface area contributed by atoms with Crippen molar-refractivity contribution in [1.29, 1.82) is 0 Å². The van der Waals surface area contributed by atoms with Crippen LogP contribution >= 0.6 is 11.6 Å². The number of rotatable bonds is 6. The Balaban J connectivity index is 1.43. The van der Waals surface area contributed by atoms with Gasteiger partial charge in [0, 0.05) is 42.7 Å². The van der Waals surface area contributed by atoms with Crippen molar-refractivity contribution < 1.29 is 28.7 Å². The average Bonchev–Trinajstić information content (AvgIpc) is 3.52. The fourth-order valence-electron chi connectivity index (χ4n) is 5.70. The molecule has 0 unspecified atom stereocenters. The van der Waals surface area contributed by atoms with Gasteiger partial charge in [-0.05, 0) is 65.0 Å². The third-order valence-corrected chi connectivity index (χ3v) is 7.90. The maximum atomic E-state index is 13.5. The molecule has 0 aromatic carbocycles. The Morgan fingerprint density at radius 1 is 1.10 bits per heavy atom. The summed E-state index contributed by atoms with van der Waals surface area (Å²) < 4.78 is 5.92. The first-order valence-electron chi connectivity index (χ1n) is 13.9. The Labute approximate surface area is 247 Å². The SMILES string of the molecule is CC(C)(C)N(C(=O)O)c1cnc2c(NC(=O)[C@H]3CC[C@H](N4CCCC4=O)CC3)c(C(=O)Nc3ccc(Cl)cn3)oc2c1. The molecule has 222 valence electrons. The fraction of sp³-hybridized carbons (Fsp3) is 0.448. The van der Waals surface area contributed by atoms with E-state index in [0.717, 1.165) is 30.7 Å². The highest BCUT2D eigenvalue weighted by Gasteiger charge is 2.35. The molecule has 5 rings (SSSR count). The molecule has 3 N–H and O–H groups in total. The van der Waals surface area contributed by atoms with E-state index in [4.69, 9.17) is 16.0 Å². The van der Waals surface area contributed by atoms with Crippen molar-refractivity contribution in [3.63, 3.8) is 0 Å². The maximum Gasteiger partial charge on any atom is 0.412 e. The normalized spacial score (nSPS) is 19.1. The largest absolute Gasteiger partial charge is 0.465 e. The number of hydrogen-bond donors (Lipinski definition) is 3. The Morgan fingerprint density at radius 3 is 2.43 bits per heavy atom. The van der Waals surface area contributed by atoms with E-state index in [1.807, 2.05) is 4.90 Å². The van der Waals surface area contributed by atoms with Crippen molar-refractivity contribution in [1.82, 2.24) is 14.9 Å². The van der Waals surface area contributed by atoms with Gasteiger partial charge in [0.25, 0.3) is 5.91 Å². The van der Waals surface area contributed by atoms with Crippen LogP contribution < -0.4 is 15.5 Å². The van der Waals surface area contributed by atoms with Crippen molar-refractivity contribution in [2.24, 2.45) is 5.92 Å². The lowest BCUT2D eigenvalue weighted by Crippen LogP contribution is -2.45. The van der Waals surface area contributed by atoms with Crippen molar-refractivity contribution >= 4 is 63.7 Å². The van der Waals surface area contributed by atoms with Crippen LogP contribution in [0.3, 0.4) is 0 Å². The van der Waals surface area contributed by atoms with Gasteiger partial charge in [-0.2, -0.15) is 0 Å². The van der Waals surface area contributed by atoms with Crippen molar-refractivity contribution in [3.8, 4) is 0 Å². The van der Waals surface area contributed by atoms with Gasteiger partial charge >= 0.3 is 6.09 Å². The van der Waals surface area contributed by atoms with Crippen LogP contribution in [0.4, 0.5) is 22.0 Å². The molecule has 12 nitrogen and oxygen atoms in total. The number of furan rings is 1. The van der Waals surface area contributed by atoms with Crippen molar-refractivity contribution in [2.75, 3.05) is 22.1 Å². The third kappa shape index (κ3) is 6.03. The lowest BCUT2D eigenvalue weighted by atomic mass is 9.84. The van der Waals surface area contributed by atoms with E-state index in [9.17, 15) is 24.3 Å². The molecule has 0 spiro atoms. The Morgan fingerprint density at radius 2 is 1.83 bits per heavy atom. The highest BCUT2D eigenvalue weighted by Crippen LogP contribution is 2.36. The molecule has 2 aliphatic rings. The lowest BCUT2D eigenvalue weighted by molar-refractivity contribution is -0.130.